The van der Waals surface area contributed by atoms with Gasteiger partial charge in [0.15, 0.2) is 0 Å². The molecule has 2 aliphatic heterocycles. The van der Waals surface area contributed by atoms with Crippen molar-refractivity contribution in [3.63, 3.8) is 0 Å². The maximum absolute atomic E-state index is 14.2. The van der Waals surface area contributed by atoms with E-state index in [-0.39, 0.29) is 46.0 Å². The second-order valence-corrected chi connectivity index (χ2v) is 15.8. The smallest absolute Gasteiger partial charge is 0.410 e. The molecule has 9 nitrogen and oxygen atoms in total. The number of piperidine rings is 1. The maximum Gasteiger partial charge on any atom is 0.410 e. The van der Waals surface area contributed by atoms with Crippen LogP contribution in [0.4, 0.5) is 10.5 Å². The van der Waals surface area contributed by atoms with Crippen LogP contribution in [0.5, 0.6) is 0 Å². The van der Waals surface area contributed by atoms with Gasteiger partial charge in [-0.3, -0.25) is 9.69 Å². The third-order valence-corrected chi connectivity index (χ3v) is 9.55. The predicted molar refractivity (Wildman–Crippen MR) is 173 cm³/mol. The Kier molecular flexibility index (Phi) is 11.1. The topological polar surface area (TPSA) is 99.6 Å². The lowest BCUT2D eigenvalue weighted by Crippen LogP contribution is -2.47. The van der Waals surface area contributed by atoms with Gasteiger partial charge < -0.3 is 24.4 Å². The van der Waals surface area contributed by atoms with Gasteiger partial charge in [0.2, 0.25) is 5.91 Å². The largest absolute Gasteiger partial charge is 0.477 e. The Morgan fingerprint density at radius 1 is 1.02 bits per heavy atom. The fourth-order valence-electron chi connectivity index (χ4n) is 6.07. The molecule has 1 aromatic heterocycles. The molecule has 0 bridgehead atoms. The van der Waals surface area contributed by atoms with Crippen LogP contribution >= 0.6 is 11.3 Å². The zero-order valence-electron chi connectivity index (χ0n) is 27.6. The van der Waals surface area contributed by atoms with Crippen LogP contribution in [0.3, 0.4) is 0 Å². The lowest BCUT2D eigenvalue weighted by Gasteiger charge is -2.35. The van der Waals surface area contributed by atoms with Gasteiger partial charge in [0.25, 0.3) is 0 Å². The van der Waals surface area contributed by atoms with E-state index >= 15 is 0 Å². The van der Waals surface area contributed by atoms with E-state index < -0.39 is 5.97 Å². The number of carbonyl (C=O) groups excluding carboxylic acids is 2. The summed E-state index contributed by atoms with van der Waals surface area (Å²) in [6.07, 6.45) is 5.20. The molecule has 1 aromatic rings. The van der Waals surface area contributed by atoms with Crippen molar-refractivity contribution in [3.05, 3.63) is 15.8 Å². The summed E-state index contributed by atoms with van der Waals surface area (Å²) in [5.41, 5.74) is -0.0920. The van der Waals surface area contributed by atoms with Crippen LogP contribution < -0.4 is 4.90 Å². The standard InChI is InChI=1S/C34H51N3O6S/c1-23-10-12-24(13-11-23)30(38)37(28-19-27(14-16-33(2,3)4)44-29(28)31(39)40)25-15-18-36(20-25)32(41)43-26-9-8-17-35(21-26)22-42-34(5,6)7/h19,23-26H,8-13,15,17-18,20-22H2,1-7H3,(H,39,40). The number of rotatable bonds is 7. The van der Waals surface area contributed by atoms with Gasteiger partial charge in [0.1, 0.15) is 11.0 Å². The zero-order chi connectivity index (χ0) is 32.2. The second-order valence-electron chi connectivity index (χ2n) is 14.8. The highest BCUT2D eigenvalue weighted by molar-refractivity contribution is 7.15. The van der Waals surface area contributed by atoms with Crippen LogP contribution in [0.25, 0.3) is 0 Å². The van der Waals surface area contributed by atoms with E-state index in [1.54, 1.807) is 15.9 Å². The van der Waals surface area contributed by atoms with Crippen LogP contribution in [0.1, 0.15) is 108 Å². The van der Waals surface area contributed by atoms with Gasteiger partial charge in [-0.05, 0) is 98.5 Å². The molecule has 2 saturated heterocycles. The number of likely N-dealkylation sites (tertiary alicyclic amines) is 2. The number of hydrogen-bond donors (Lipinski definition) is 1. The van der Waals surface area contributed by atoms with Crippen LogP contribution in [0.15, 0.2) is 6.07 Å². The van der Waals surface area contributed by atoms with E-state index in [4.69, 9.17) is 9.47 Å². The first-order chi connectivity index (χ1) is 20.6. The third kappa shape index (κ3) is 9.45. The minimum Gasteiger partial charge on any atom is -0.477 e. The van der Waals surface area contributed by atoms with Crippen molar-refractivity contribution in [2.75, 3.05) is 37.8 Å². The van der Waals surface area contributed by atoms with Gasteiger partial charge in [-0.15, -0.1) is 11.3 Å². The summed E-state index contributed by atoms with van der Waals surface area (Å²) in [6.45, 7) is 17.1. The van der Waals surface area contributed by atoms with Gasteiger partial charge in [-0.2, -0.15) is 0 Å². The highest BCUT2D eigenvalue weighted by Crippen LogP contribution is 2.38. The maximum atomic E-state index is 14.2. The Morgan fingerprint density at radius 3 is 2.36 bits per heavy atom. The van der Waals surface area contributed by atoms with Crippen molar-refractivity contribution in [2.24, 2.45) is 17.3 Å². The zero-order valence-corrected chi connectivity index (χ0v) is 28.4. The van der Waals surface area contributed by atoms with Gasteiger partial charge in [0, 0.05) is 37.5 Å². The highest BCUT2D eigenvalue weighted by Gasteiger charge is 2.40. The summed E-state index contributed by atoms with van der Waals surface area (Å²) >= 11 is 1.11. The molecule has 1 N–H and O–H groups in total. The quantitative estimate of drug-likeness (QED) is 0.346. The Bertz CT molecular complexity index is 1240. The van der Waals surface area contributed by atoms with Crippen molar-refractivity contribution in [1.29, 1.82) is 0 Å². The van der Waals surface area contributed by atoms with E-state index in [0.717, 1.165) is 56.4 Å². The second kappa shape index (κ2) is 14.2. The monoisotopic (exact) mass is 629 g/mol. The lowest BCUT2D eigenvalue weighted by molar-refractivity contribution is -0.124. The van der Waals surface area contributed by atoms with Crippen molar-refractivity contribution in [2.45, 2.75) is 111 Å². The lowest BCUT2D eigenvalue weighted by atomic mass is 9.82. The molecule has 0 aromatic carbocycles. The molecule has 0 radical (unpaired) electrons. The molecule has 3 heterocycles. The first kappa shape index (κ1) is 34.3. The highest BCUT2D eigenvalue weighted by atomic mass is 32.1. The molecule has 2 amide bonds. The van der Waals surface area contributed by atoms with Crippen LogP contribution in [-0.4, -0.2) is 83.5 Å². The number of carboxylic acid groups (broad SMARTS) is 1. The average Bonchev–Trinajstić information content (AvgIpc) is 3.59. The third-order valence-electron chi connectivity index (χ3n) is 8.53. The van der Waals surface area contributed by atoms with Crippen LogP contribution in [0.2, 0.25) is 0 Å². The van der Waals surface area contributed by atoms with E-state index in [9.17, 15) is 19.5 Å². The molecule has 4 rings (SSSR count). The van der Waals surface area contributed by atoms with Crippen LogP contribution in [0, 0.1) is 29.1 Å². The molecule has 1 aliphatic carbocycles. The Labute approximate surface area is 267 Å². The number of carboxylic acids is 1. The molecule has 44 heavy (non-hydrogen) atoms. The molecule has 0 spiro atoms. The summed E-state index contributed by atoms with van der Waals surface area (Å²) in [5, 5.41) is 10.2. The van der Waals surface area contributed by atoms with Crippen molar-refractivity contribution < 1.29 is 29.0 Å². The van der Waals surface area contributed by atoms with Crippen LogP contribution in [-0.2, 0) is 14.3 Å². The molecule has 3 aliphatic rings. The van der Waals surface area contributed by atoms with Gasteiger partial charge in [-0.1, -0.05) is 18.8 Å². The molecule has 10 heteroatoms. The minimum atomic E-state index is -1.07. The van der Waals surface area contributed by atoms with Gasteiger partial charge in [-0.25, -0.2) is 9.59 Å². The first-order valence-corrected chi connectivity index (χ1v) is 17.0. The molecular formula is C34H51N3O6S. The Hall–Kier alpha value is -2.61. The fourth-order valence-corrected chi connectivity index (χ4v) is 6.91. The summed E-state index contributed by atoms with van der Waals surface area (Å²) in [7, 11) is 0. The molecule has 2 atom stereocenters. The van der Waals surface area contributed by atoms with E-state index in [1.165, 1.54) is 0 Å². The normalized spacial score (nSPS) is 24.8. The molecule has 3 fully saturated rings. The SMILES string of the molecule is CC1CCC(C(=O)N(c2cc(C#CC(C)(C)C)sc2C(=O)O)C2CCN(C(=O)OC3CCCN(COC(C)(C)C)C3)C2)CC1. The number of nitrogens with zero attached hydrogens (tertiary/aromatic N) is 3. The average molecular weight is 630 g/mol. The van der Waals surface area contributed by atoms with E-state index in [1.807, 2.05) is 41.5 Å². The Balaban J connectivity index is 1.52. The molecule has 1 saturated carbocycles. The summed E-state index contributed by atoms with van der Waals surface area (Å²) < 4.78 is 11.9. The number of ether oxygens (including phenoxy) is 2. The number of amides is 2. The predicted octanol–water partition coefficient (Wildman–Crippen LogP) is 6.45. The molecule has 2 unspecified atom stereocenters. The molecule has 244 valence electrons. The van der Waals surface area contributed by atoms with Gasteiger partial charge >= 0.3 is 12.1 Å². The van der Waals surface area contributed by atoms with E-state index in [2.05, 4.69) is 23.7 Å². The van der Waals surface area contributed by atoms with Crippen molar-refractivity contribution >= 4 is 35.0 Å². The fraction of sp³-hybridized carbons (Fsp3) is 0.735. The van der Waals surface area contributed by atoms with Crippen molar-refractivity contribution in [3.8, 4) is 11.8 Å². The number of aromatic carboxylic acids is 1. The Morgan fingerprint density at radius 2 is 1.73 bits per heavy atom. The summed E-state index contributed by atoms with van der Waals surface area (Å²) in [6, 6.07) is 1.42. The summed E-state index contributed by atoms with van der Waals surface area (Å²) in [5.74, 6) is 5.61. The van der Waals surface area contributed by atoms with E-state index in [0.29, 0.717) is 49.3 Å². The first-order valence-electron chi connectivity index (χ1n) is 16.1. The molecular weight excluding hydrogens is 578 g/mol. The number of anilines is 1. The minimum absolute atomic E-state index is 0.0467. The number of hydrogen-bond acceptors (Lipinski definition) is 7. The summed E-state index contributed by atoms with van der Waals surface area (Å²) in [4.78, 5) is 46.3. The van der Waals surface area contributed by atoms with Gasteiger partial charge in [0.05, 0.1) is 28.9 Å². The van der Waals surface area contributed by atoms with Crippen molar-refractivity contribution in [1.82, 2.24) is 9.80 Å². The number of carbonyl (C=O) groups is 3. The number of thiophene rings is 1.